The van der Waals surface area contributed by atoms with Crippen LogP contribution in [-0.2, 0) is 9.53 Å². The zero-order chi connectivity index (χ0) is 27.7. The number of aliphatic hydroxyl groups is 1. The molecule has 2 aromatic carbocycles. The molecule has 39 heavy (non-hydrogen) atoms. The molecule has 1 aliphatic carbocycles. The van der Waals surface area contributed by atoms with Crippen LogP contribution in [0, 0.1) is 17.2 Å². The van der Waals surface area contributed by atoms with E-state index < -0.39 is 18.0 Å². The number of ether oxygens (including phenoxy) is 3. The van der Waals surface area contributed by atoms with Gasteiger partial charge in [-0.1, -0.05) is 44.4 Å². The third-order valence-corrected chi connectivity index (χ3v) is 8.40. The lowest BCUT2D eigenvalue weighted by molar-refractivity contribution is -0.117. The van der Waals surface area contributed by atoms with Gasteiger partial charge in [0.05, 0.1) is 30.5 Å². The second kappa shape index (κ2) is 11.1. The maximum absolute atomic E-state index is 14.4. The van der Waals surface area contributed by atoms with Gasteiger partial charge < -0.3 is 24.6 Å². The number of fused-ring (bicyclic) bond motifs is 1. The van der Waals surface area contributed by atoms with E-state index >= 15 is 0 Å². The number of methoxy groups -OCH3 is 1. The minimum Gasteiger partial charge on any atom is -0.493 e. The monoisotopic (exact) mass is 556 g/mol. The Morgan fingerprint density at radius 1 is 1.26 bits per heavy atom. The topological polar surface area (TPSA) is 80.3 Å². The first-order valence-electron chi connectivity index (χ1n) is 13.3. The molecule has 3 aliphatic rings. The first kappa shape index (κ1) is 27.3. The maximum atomic E-state index is 14.4. The van der Waals surface area contributed by atoms with E-state index in [2.05, 4.69) is 19.2 Å². The van der Waals surface area contributed by atoms with Crippen LogP contribution in [0.2, 0.25) is 5.02 Å². The van der Waals surface area contributed by atoms with Crippen LogP contribution in [0.4, 0.5) is 10.1 Å². The van der Waals surface area contributed by atoms with Crippen molar-refractivity contribution in [1.82, 2.24) is 5.32 Å². The predicted molar refractivity (Wildman–Crippen MR) is 147 cm³/mol. The number of hydrogen-bond donors (Lipinski definition) is 2. The molecule has 3 atom stereocenters. The van der Waals surface area contributed by atoms with E-state index in [4.69, 9.17) is 25.8 Å². The van der Waals surface area contributed by atoms with Crippen molar-refractivity contribution in [2.45, 2.75) is 51.7 Å². The first-order valence-corrected chi connectivity index (χ1v) is 13.7. The third-order valence-electron chi connectivity index (χ3n) is 8.16. The molecule has 2 heterocycles. The Kier molecular flexibility index (Phi) is 7.78. The van der Waals surface area contributed by atoms with Crippen LogP contribution in [0.25, 0.3) is 0 Å². The number of amides is 1. The van der Waals surface area contributed by atoms with Gasteiger partial charge in [0.1, 0.15) is 18.2 Å². The van der Waals surface area contributed by atoms with Gasteiger partial charge in [-0.25, -0.2) is 4.39 Å². The quantitative estimate of drug-likeness (QED) is 0.380. The van der Waals surface area contributed by atoms with Crippen molar-refractivity contribution in [1.29, 1.82) is 0 Å². The molecular formula is C30H34ClFN2O5. The van der Waals surface area contributed by atoms with E-state index in [-0.39, 0.29) is 24.7 Å². The lowest BCUT2D eigenvalue weighted by Gasteiger charge is -2.33. The number of nitrogens with zero attached hydrogens (tertiary/aromatic N) is 1. The van der Waals surface area contributed by atoms with E-state index in [1.54, 1.807) is 42.6 Å². The van der Waals surface area contributed by atoms with Crippen molar-refractivity contribution in [3.8, 4) is 11.5 Å². The highest BCUT2D eigenvalue weighted by molar-refractivity contribution is 6.30. The summed E-state index contributed by atoms with van der Waals surface area (Å²) >= 11 is 5.87. The minimum atomic E-state index is -0.554. The average molecular weight is 557 g/mol. The van der Waals surface area contributed by atoms with Crippen molar-refractivity contribution in [2.24, 2.45) is 11.3 Å². The fourth-order valence-electron chi connectivity index (χ4n) is 5.59. The highest BCUT2D eigenvalue weighted by atomic mass is 35.5. The van der Waals surface area contributed by atoms with Gasteiger partial charge in [-0.05, 0) is 49.1 Å². The molecule has 2 unspecified atom stereocenters. The number of carbonyl (C=O) groups excluding carboxylic acids is 1. The van der Waals surface area contributed by atoms with E-state index in [0.717, 1.165) is 25.7 Å². The molecule has 2 N–H and O–H groups in total. The van der Waals surface area contributed by atoms with Gasteiger partial charge in [0.15, 0.2) is 18.2 Å². The average Bonchev–Trinajstić information content (AvgIpc) is 3.74. The Labute approximate surface area is 233 Å². The summed E-state index contributed by atoms with van der Waals surface area (Å²) in [6, 6.07) is 9.19. The van der Waals surface area contributed by atoms with Gasteiger partial charge >= 0.3 is 0 Å². The van der Waals surface area contributed by atoms with Gasteiger partial charge in [-0.2, -0.15) is 0 Å². The van der Waals surface area contributed by atoms with Gasteiger partial charge in [0, 0.05) is 28.3 Å². The molecule has 2 fully saturated rings. The van der Waals surface area contributed by atoms with Crippen molar-refractivity contribution < 1.29 is 28.5 Å². The summed E-state index contributed by atoms with van der Waals surface area (Å²) in [4.78, 5) is 14.8. The number of rotatable bonds is 10. The Bertz CT molecular complexity index is 1310. The molecule has 1 amide bonds. The van der Waals surface area contributed by atoms with Gasteiger partial charge in [0.2, 0.25) is 0 Å². The largest absolute Gasteiger partial charge is 0.493 e. The Balaban J connectivity index is 1.27. The molecule has 0 aromatic heterocycles. The number of hydrogen-bond acceptors (Lipinski definition) is 6. The summed E-state index contributed by atoms with van der Waals surface area (Å²) in [5.41, 5.74) is 1.25. The van der Waals surface area contributed by atoms with Crippen molar-refractivity contribution >= 4 is 23.2 Å². The Morgan fingerprint density at radius 3 is 2.74 bits per heavy atom. The van der Waals surface area contributed by atoms with Crippen LogP contribution in [0.3, 0.4) is 0 Å². The Hall–Kier alpha value is -3.23. The van der Waals surface area contributed by atoms with Crippen molar-refractivity contribution in [3.05, 3.63) is 76.4 Å². The SMILES string of the molecule is CCCC(C)C1([C@@H](O)COc2ccc(N3COC4=CC(c5ccc(Cl)cc5F)NC=C4C3=O)cc2OC)CC1. The number of benzene rings is 2. The number of dihydropyridines is 1. The number of nitrogens with one attached hydrogen (secondary N) is 1. The summed E-state index contributed by atoms with van der Waals surface area (Å²) < 4.78 is 31.9. The smallest absolute Gasteiger partial charge is 0.266 e. The number of carbonyl (C=O) groups is 1. The Morgan fingerprint density at radius 2 is 2.05 bits per heavy atom. The van der Waals surface area contributed by atoms with E-state index in [9.17, 15) is 14.3 Å². The van der Waals surface area contributed by atoms with Crippen LogP contribution in [-0.4, -0.2) is 37.6 Å². The summed E-state index contributed by atoms with van der Waals surface area (Å²) in [6.07, 6.45) is 6.89. The van der Waals surface area contributed by atoms with E-state index in [0.29, 0.717) is 45.0 Å². The second-order valence-electron chi connectivity index (χ2n) is 10.5. The van der Waals surface area contributed by atoms with Crippen LogP contribution in [0.1, 0.15) is 51.1 Å². The minimum absolute atomic E-state index is 0.0161. The maximum Gasteiger partial charge on any atom is 0.266 e. The highest BCUT2D eigenvalue weighted by Gasteiger charge is 2.52. The van der Waals surface area contributed by atoms with Crippen LogP contribution < -0.4 is 19.7 Å². The van der Waals surface area contributed by atoms with Gasteiger partial charge in [-0.15, -0.1) is 0 Å². The van der Waals surface area contributed by atoms with E-state index in [1.165, 1.54) is 18.1 Å². The van der Waals surface area contributed by atoms with Crippen LogP contribution >= 0.6 is 11.6 Å². The molecule has 208 valence electrons. The number of anilines is 1. The molecule has 0 bridgehead atoms. The standard InChI is InChI=1S/C30H34ClFN2O5/c1-4-5-18(2)30(10-11-30)28(35)16-38-25-9-7-20(13-27(25)37-3)34-17-39-26-14-24(33-15-22(26)29(34)36)21-8-6-19(31)12-23(21)32/h6-9,12-15,18,24,28,33,35H,4-5,10-11,16-17H2,1-3H3/t18?,24?,28-/m0/s1. The second-order valence-corrected chi connectivity index (χ2v) is 10.9. The molecule has 9 heteroatoms. The van der Waals surface area contributed by atoms with E-state index in [1.807, 2.05) is 0 Å². The normalized spacial score (nSPS) is 21.0. The predicted octanol–water partition coefficient (Wildman–Crippen LogP) is 5.88. The molecule has 2 aromatic rings. The highest BCUT2D eigenvalue weighted by Crippen LogP contribution is 2.56. The van der Waals surface area contributed by atoms with Crippen molar-refractivity contribution in [2.75, 3.05) is 25.3 Å². The molecule has 0 radical (unpaired) electrons. The lowest BCUT2D eigenvalue weighted by Crippen LogP contribution is -2.41. The number of aliphatic hydroxyl groups excluding tert-OH is 1. The first-order chi connectivity index (χ1) is 18.8. The van der Waals surface area contributed by atoms with Crippen molar-refractivity contribution in [3.63, 3.8) is 0 Å². The summed E-state index contributed by atoms with van der Waals surface area (Å²) in [5.74, 6) is 1.08. The zero-order valence-electron chi connectivity index (χ0n) is 22.4. The molecule has 0 spiro atoms. The third kappa shape index (κ3) is 5.32. The fraction of sp³-hybridized carbons (Fsp3) is 0.433. The molecule has 2 aliphatic heterocycles. The summed E-state index contributed by atoms with van der Waals surface area (Å²) in [7, 11) is 1.53. The molecule has 5 rings (SSSR count). The van der Waals surface area contributed by atoms with Crippen LogP contribution in [0.5, 0.6) is 11.5 Å². The van der Waals surface area contributed by atoms with Crippen LogP contribution in [0.15, 0.2) is 60.0 Å². The lowest BCUT2D eigenvalue weighted by atomic mass is 9.83. The molecular weight excluding hydrogens is 523 g/mol. The summed E-state index contributed by atoms with van der Waals surface area (Å²) in [6.45, 7) is 4.54. The summed E-state index contributed by atoms with van der Waals surface area (Å²) in [5, 5.41) is 14.3. The molecule has 1 saturated carbocycles. The fourth-order valence-corrected chi connectivity index (χ4v) is 5.75. The molecule has 7 nitrogen and oxygen atoms in total. The van der Waals surface area contributed by atoms with Gasteiger partial charge in [-0.3, -0.25) is 9.69 Å². The zero-order valence-corrected chi connectivity index (χ0v) is 23.1. The molecule has 1 saturated heterocycles. The number of halogens is 2. The van der Waals surface area contributed by atoms with Gasteiger partial charge in [0.25, 0.3) is 5.91 Å².